The lowest BCUT2D eigenvalue weighted by atomic mass is 9.95. The van der Waals surface area contributed by atoms with Crippen molar-refractivity contribution >= 4 is 21.9 Å². The SMILES string of the molecule is Cc1c(C)c(C)c(S(=O)(=O)NCCC(=O)OCC(N)=O)c(C)c1C. The van der Waals surface area contributed by atoms with E-state index in [0.29, 0.717) is 11.1 Å². The Morgan fingerprint density at radius 1 is 0.958 bits per heavy atom. The first-order valence-corrected chi connectivity index (χ1v) is 8.98. The Morgan fingerprint density at radius 2 is 1.42 bits per heavy atom. The fourth-order valence-electron chi connectivity index (χ4n) is 2.45. The van der Waals surface area contributed by atoms with E-state index in [0.717, 1.165) is 16.7 Å². The van der Waals surface area contributed by atoms with Gasteiger partial charge in [-0.05, 0) is 62.4 Å². The predicted octanol–water partition coefficient (Wildman–Crippen LogP) is 0.926. The third-order valence-electron chi connectivity index (χ3n) is 4.20. The maximum atomic E-state index is 12.6. The molecule has 0 radical (unpaired) electrons. The molecule has 0 aliphatic carbocycles. The highest BCUT2D eigenvalue weighted by atomic mass is 32.2. The van der Waals surface area contributed by atoms with E-state index in [9.17, 15) is 18.0 Å². The van der Waals surface area contributed by atoms with Crippen LogP contribution in [-0.4, -0.2) is 33.4 Å². The second kappa shape index (κ2) is 7.76. The van der Waals surface area contributed by atoms with Gasteiger partial charge in [-0.2, -0.15) is 0 Å². The summed E-state index contributed by atoms with van der Waals surface area (Å²) >= 11 is 0. The molecule has 0 aliphatic heterocycles. The third kappa shape index (κ3) is 4.55. The van der Waals surface area contributed by atoms with Gasteiger partial charge in [0.25, 0.3) is 5.91 Å². The zero-order valence-corrected chi connectivity index (χ0v) is 15.5. The van der Waals surface area contributed by atoms with Crippen LogP contribution in [0.15, 0.2) is 4.90 Å². The molecule has 0 bridgehead atoms. The second-order valence-electron chi connectivity index (χ2n) is 5.73. The Kier molecular flexibility index (Phi) is 6.50. The maximum absolute atomic E-state index is 12.6. The maximum Gasteiger partial charge on any atom is 0.307 e. The summed E-state index contributed by atoms with van der Waals surface area (Å²) in [5, 5.41) is 0. The van der Waals surface area contributed by atoms with Gasteiger partial charge in [-0.1, -0.05) is 0 Å². The molecule has 0 atom stereocenters. The van der Waals surface area contributed by atoms with Gasteiger partial charge in [0, 0.05) is 6.54 Å². The van der Waals surface area contributed by atoms with E-state index in [2.05, 4.69) is 9.46 Å². The lowest BCUT2D eigenvalue weighted by molar-refractivity contribution is -0.147. The molecule has 1 aromatic rings. The molecule has 0 aliphatic rings. The molecule has 0 saturated carbocycles. The topological polar surface area (TPSA) is 116 Å². The van der Waals surface area contributed by atoms with Crippen LogP contribution in [0.1, 0.15) is 34.2 Å². The van der Waals surface area contributed by atoms with Gasteiger partial charge in [0.2, 0.25) is 10.0 Å². The summed E-state index contributed by atoms with van der Waals surface area (Å²) in [4.78, 5) is 22.2. The molecule has 24 heavy (non-hydrogen) atoms. The van der Waals surface area contributed by atoms with Gasteiger partial charge in [-0.3, -0.25) is 9.59 Å². The first-order chi connectivity index (χ1) is 11.0. The molecule has 1 aromatic carbocycles. The van der Waals surface area contributed by atoms with Gasteiger partial charge in [0.15, 0.2) is 6.61 Å². The van der Waals surface area contributed by atoms with Crippen LogP contribution >= 0.6 is 0 Å². The van der Waals surface area contributed by atoms with Crippen molar-refractivity contribution in [1.82, 2.24) is 4.72 Å². The number of benzene rings is 1. The van der Waals surface area contributed by atoms with E-state index >= 15 is 0 Å². The van der Waals surface area contributed by atoms with Crippen LogP contribution in [0.25, 0.3) is 0 Å². The number of sulfonamides is 1. The van der Waals surface area contributed by atoms with Crippen LogP contribution in [0, 0.1) is 34.6 Å². The highest BCUT2D eigenvalue weighted by Crippen LogP contribution is 2.29. The highest BCUT2D eigenvalue weighted by molar-refractivity contribution is 7.89. The number of rotatable bonds is 7. The average molecular weight is 356 g/mol. The number of ether oxygens (including phenoxy) is 1. The minimum atomic E-state index is -3.76. The summed E-state index contributed by atoms with van der Waals surface area (Å²) in [7, 11) is -3.76. The summed E-state index contributed by atoms with van der Waals surface area (Å²) in [5.74, 6) is -1.46. The molecule has 0 unspecified atom stereocenters. The van der Waals surface area contributed by atoms with Crippen molar-refractivity contribution in [3.63, 3.8) is 0 Å². The zero-order chi connectivity index (χ0) is 18.7. The summed E-state index contributed by atoms with van der Waals surface area (Å²) < 4.78 is 32.2. The third-order valence-corrected chi connectivity index (χ3v) is 5.93. The molecule has 8 heteroatoms. The minimum absolute atomic E-state index is 0.120. The molecular formula is C16H24N2O5S. The monoisotopic (exact) mass is 356 g/mol. The summed E-state index contributed by atoms with van der Waals surface area (Å²) in [5.41, 5.74) is 9.18. The van der Waals surface area contributed by atoms with Crippen molar-refractivity contribution in [3.05, 3.63) is 27.8 Å². The number of esters is 1. The lowest BCUT2D eigenvalue weighted by Crippen LogP contribution is -2.29. The van der Waals surface area contributed by atoms with Crippen LogP contribution in [0.2, 0.25) is 0 Å². The Balaban J connectivity index is 2.91. The average Bonchev–Trinajstić information content (AvgIpc) is 2.48. The molecule has 0 aromatic heterocycles. The summed E-state index contributed by atoms with van der Waals surface area (Å²) in [6.07, 6.45) is -0.186. The standard InChI is InChI=1S/C16H24N2O5S/c1-9-10(2)12(4)16(13(5)11(9)3)24(21,22)18-7-6-15(20)23-8-14(17)19/h18H,6-8H2,1-5H3,(H2,17,19). The molecule has 134 valence electrons. The van der Waals surface area contributed by atoms with Crippen molar-refractivity contribution in [1.29, 1.82) is 0 Å². The van der Waals surface area contributed by atoms with Crippen molar-refractivity contribution in [2.45, 2.75) is 45.9 Å². The van der Waals surface area contributed by atoms with Crippen molar-refractivity contribution < 1.29 is 22.7 Å². The van der Waals surface area contributed by atoms with E-state index in [1.54, 1.807) is 13.8 Å². The molecule has 1 rings (SSSR count). The number of amides is 1. The fraction of sp³-hybridized carbons (Fsp3) is 0.500. The largest absolute Gasteiger partial charge is 0.456 e. The van der Waals surface area contributed by atoms with Crippen LogP contribution in [0.4, 0.5) is 0 Å². The molecular weight excluding hydrogens is 332 g/mol. The number of hydrogen-bond donors (Lipinski definition) is 2. The van der Waals surface area contributed by atoms with Crippen molar-refractivity contribution in [2.24, 2.45) is 5.73 Å². The van der Waals surface area contributed by atoms with E-state index < -0.39 is 28.5 Å². The quantitative estimate of drug-likeness (QED) is 0.705. The number of primary amides is 1. The molecule has 0 heterocycles. The summed E-state index contributed by atoms with van der Waals surface area (Å²) in [6, 6.07) is 0. The summed E-state index contributed by atoms with van der Waals surface area (Å²) in [6.45, 7) is 8.64. The molecule has 1 amide bonds. The van der Waals surface area contributed by atoms with E-state index in [-0.39, 0.29) is 17.9 Å². The van der Waals surface area contributed by atoms with Crippen molar-refractivity contribution in [3.8, 4) is 0 Å². The van der Waals surface area contributed by atoms with E-state index in [4.69, 9.17) is 5.73 Å². The Morgan fingerprint density at radius 3 is 1.88 bits per heavy atom. The van der Waals surface area contributed by atoms with Crippen LogP contribution in [0.5, 0.6) is 0 Å². The minimum Gasteiger partial charge on any atom is -0.456 e. The Hall–Kier alpha value is -1.93. The molecule has 0 saturated heterocycles. The highest BCUT2D eigenvalue weighted by Gasteiger charge is 2.23. The van der Waals surface area contributed by atoms with E-state index in [1.165, 1.54) is 0 Å². The van der Waals surface area contributed by atoms with Gasteiger partial charge in [-0.25, -0.2) is 13.1 Å². The fourth-order valence-corrected chi connectivity index (χ4v) is 4.08. The van der Waals surface area contributed by atoms with Crippen LogP contribution in [-0.2, 0) is 24.3 Å². The predicted molar refractivity (Wildman–Crippen MR) is 90.1 cm³/mol. The number of carbonyl (C=O) groups excluding carboxylic acids is 2. The smallest absolute Gasteiger partial charge is 0.307 e. The lowest BCUT2D eigenvalue weighted by Gasteiger charge is -2.19. The molecule has 0 fully saturated rings. The number of nitrogens with two attached hydrogens (primary N) is 1. The van der Waals surface area contributed by atoms with E-state index in [1.807, 2.05) is 20.8 Å². The van der Waals surface area contributed by atoms with Crippen LogP contribution in [0.3, 0.4) is 0 Å². The number of carbonyl (C=O) groups is 2. The first-order valence-electron chi connectivity index (χ1n) is 7.49. The number of nitrogens with one attached hydrogen (secondary N) is 1. The molecule has 0 spiro atoms. The normalized spacial score (nSPS) is 11.4. The second-order valence-corrected chi connectivity index (χ2v) is 7.43. The van der Waals surface area contributed by atoms with Gasteiger partial charge in [0.1, 0.15) is 0 Å². The zero-order valence-electron chi connectivity index (χ0n) is 14.6. The van der Waals surface area contributed by atoms with Gasteiger partial charge >= 0.3 is 5.97 Å². The van der Waals surface area contributed by atoms with Gasteiger partial charge in [0.05, 0.1) is 11.3 Å². The number of hydrogen-bond acceptors (Lipinski definition) is 5. The van der Waals surface area contributed by atoms with Crippen LogP contribution < -0.4 is 10.5 Å². The van der Waals surface area contributed by atoms with Gasteiger partial charge < -0.3 is 10.5 Å². The Labute approximate surface area is 142 Å². The first kappa shape index (κ1) is 20.1. The van der Waals surface area contributed by atoms with Crippen molar-refractivity contribution in [2.75, 3.05) is 13.2 Å². The molecule has 7 nitrogen and oxygen atoms in total. The molecule has 3 N–H and O–H groups in total. The Bertz CT molecular complexity index is 740. The van der Waals surface area contributed by atoms with Gasteiger partial charge in [-0.15, -0.1) is 0 Å².